The molecule has 0 fully saturated rings. The molecule has 0 saturated carbocycles. The maximum Gasteiger partial charge on any atom is 0.456 e. The van der Waals surface area contributed by atoms with Gasteiger partial charge in [-0.1, -0.05) is 0 Å². The summed E-state index contributed by atoms with van der Waals surface area (Å²) in [4.78, 5) is 10.0. The van der Waals surface area contributed by atoms with Gasteiger partial charge in [0.2, 0.25) is 5.85 Å². The van der Waals surface area contributed by atoms with Crippen LogP contribution in [0.5, 0.6) is 0 Å². The number of carbonyl (C=O) groups excluding carboxylic acids is 1. The summed E-state index contributed by atoms with van der Waals surface area (Å²) in [5, 5.41) is 0. The fraction of sp³-hybridized carbons (Fsp3) is 0.833. The first-order valence-electron chi connectivity index (χ1n) is 4.39. The zero-order valence-electron chi connectivity index (χ0n) is 9.40. The summed E-state index contributed by atoms with van der Waals surface area (Å²) in [6.07, 6.45) is -7.96. The summed E-state index contributed by atoms with van der Waals surface area (Å²) < 4.78 is 131. The first-order valence-corrected chi connectivity index (χ1v) is 7.49. The lowest BCUT2D eigenvalue weighted by atomic mass is 10.3. The third-order valence-electron chi connectivity index (χ3n) is 1.65. The zero-order chi connectivity index (χ0) is 17.3. The predicted octanol–water partition coefficient (Wildman–Crippen LogP) is 0.694. The van der Waals surface area contributed by atoms with Crippen molar-refractivity contribution < 1.29 is 56.1 Å². The Kier molecular flexibility index (Phi) is 5.42. The van der Waals surface area contributed by atoms with E-state index in [1.807, 2.05) is 0 Å². The van der Waals surface area contributed by atoms with Crippen molar-refractivity contribution in [2.24, 2.45) is 0 Å². The maximum absolute atomic E-state index is 13.6. The minimum Gasteiger partial charge on any atom is -0.297 e. The molecule has 15 heteroatoms. The Balaban J connectivity index is 5.78. The summed E-state index contributed by atoms with van der Waals surface area (Å²) in [6, 6.07) is 0. The van der Waals surface area contributed by atoms with Crippen LogP contribution >= 0.6 is 0 Å². The zero-order valence-corrected chi connectivity index (χ0v) is 11.0. The molecule has 0 rings (SSSR count). The van der Waals surface area contributed by atoms with Gasteiger partial charge in [0.15, 0.2) is 6.29 Å². The van der Waals surface area contributed by atoms with Crippen LogP contribution in [0.1, 0.15) is 0 Å². The van der Waals surface area contributed by atoms with Crippen LogP contribution in [0, 0.1) is 0 Å². The van der Waals surface area contributed by atoms with E-state index < -0.39 is 56.1 Å². The Hall–Kier alpha value is -0.960. The van der Waals surface area contributed by atoms with Crippen molar-refractivity contribution in [3.63, 3.8) is 0 Å². The lowest BCUT2D eigenvalue weighted by Gasteiger charge is -2.30. The minimum atomic E-state index is -6.27. The SMILES string of the molecule is O=CC(F)(OC(F)(CS(=O)(=O)F)CS(=O)(=O)F)C(F)(F)F. The summed E-state index contributed by atoms with van der Waals surface area (Å²) in [5.74, 6) is -15.9. The van der Waals surface area contributed by atoms with E-state index in [0.29, 0.717) is 0 Å². The van der Waals surface area contributed by atoms with Crippen molar-refractivity contribution in [1.29, 1.82) is 0 Å². The number of aldehydes is 1. The molecule has 0 bridgehead atoms. The first kappa shape index (κ1) is 20.0. The molecule has 21 heavy (non-hydrogen) atoms. The normalized spacial score (nSPS) is 17.3. The van der Waals surface area contributed by atoms with Gasteiger partial charge in [-0.3, -0.25) is 9.53 Å². The average molecular weight is 370 g/mol. The molecule has 0 aliphatic carbocycles. The van der Waals surface area contributed by atoms with Crippen LogP contribution in [0.25, 0.3) is 0 Å². The third-order valence-corrected chi connectivity index (χ3v) is 3.20. The molecule has 0 N–H and O–H groups in total. The molecule has 0 saturated heterocycles. The third kappa shape index (κ3) is 6.56. The molecule has 0 amide bonds. The van der Waals surface area contributed by atoms with Crippen LogP contribution in [-0.2, 0) is 30.0 Å². The summed E-state index contributed by atoms with van der Waals surface area (Å²) in [6.45, 7) is 0. The van der Waals surface area contributed by atoms with Gasteiger partial charge in [0.1, 0.15) is 11.5 Å². The van der Waals surface area contributed by atoms with E-state index in [9.17, 15) is 51.4 Å². The van der Waals surface area contributed by atoms with E-state index in [4.69, 9.17) is 0 Å². The highest BCUT2D eigenvalue weighted by Gasteiger charge is 2.63. The standard InChI is InChI=1S/C6H5F7O6S2/c7-4(2-20(12,15)16,3-21(13,17)18)19-5(8,1-14)6(9,10)11/h1H,2-3H2. The monoisotopic (exact) mass is 370 g/mol. The molecule has 6 nitrogen and oxygen atoms in total. The van der Waals surface area contributed by atoms with Gasteiger partial charge >= 0.3 is 32.5 Å². The molecule has 0 aromatic heterocycles. The van der Waals surface area contributed by atoms with Crippen LogP contribution in [-0.4, -0.2) is 52.5 Å². The molecular weight excluding hydrogens is 365 g/mol. The molecular formula is C6H5F7O6S2. The van der Waals surface area contributed by atoms with Crippen molar-refractivity contribution in [2.75, 3.05) is 11.5 Å². The summed E-state index contributed by atoms with van der Waals surface area (Å²) in [7, 11) is -12.1. The van der Waals surface area contributed by atoms with Crippen LogP contribution in [0.15, 0.2) is 0 Å². The van der Waals surface area contributed by atoms with E-state index >= 15 is 0 Å². The van der Waals surface area contributed by atoms with E-state index in [1.54, 1.807) is 0 Å². The van der Waals surface area contributed by atoms with E-state index in [2.05, 4.69) is 4.74 Å². The molecule has 0 radical (unpaired) electrons. The van der Waals surface area contributed by atoms with E-state index in [0.717, 1.165) is 0 Å². The molecule has 0 heterocycles. The van der Waals surface area contributed by atoms with Crippen molar-refractivity contribution in [3.8, 4) is 0 Å². The van der Waals surface area contributed by atoms with Gasteiger partial charge in [-0.15, -0.1) is 7.77 Å². The molecule has 0 aliphatic heterocycles. The summed E-state index contributed by atoms with van der Waals surface area (Å²) in [5.41, 5.74) is 0. The van der Waals surface area contributed by atoms with Crippen LogP contribution in [0.2, 0.25) is 0 Å². The van der Waals surface area contributed by atoms with Gasteiger partial charge in [-0.25, -0.2) is 4.39 Å². The Morgan fingerprint density at radius 1 is 0.857 bits per heavy atom. The van der Waals surface area contributed by atoms with Gasteiger partial charge in [-0.2, -0.15) is 34.4 Å². The van der Waals surface area contributed by atoms with E-state index in [-0.39, 0.29) is 0 Å². The molecule has 0 aromatic rings. The quantitative estimate of drug-likeness (QED) is 0.372. The van der Waals surface area contributed by atoms with E-state index in [1.165, 1.54) is 0 Å². The van der Waals surface area contributed by atoms with Crippen LogP contribution in [0.4, 0.5) is 29.7 Å². The first-order chi connectivity index (χ1) is 8.93. The molecule has 0 aliphatic rings. The number of carbonyl (C=O) groups is 1. The topological polar surface area (TPSA) is 94.6 Å². The van der Waals surface area contributed by atoms with Gasteiger partial charge in [0.25, 0.3) is 0 Å². The number of hydrogen-bond acceptors (Lipinski definition) is 6. The fourth-order valence-corrected chi connectivity index (χ4v) is 2.51. The van der Waals surface area contributed by atoms with Gasteiger partial charge in [0.05, 0.1) is 0 Å². The minimum absolute atomic E-state index is 1.68. The fourth-order valence-electron chi connectivity index (χ4n) is 1.03. The second-order valence-corrected chi connectivity index (χ2v) is 6.34. The highest BCUT2D eigenvalue weighted by Crippen LogP contribution is 2.38. The average Bonchev–Trinajstić information content (AvgIpc) is 2.07. The number of alkyl halides is 5. The number of hydrogen-bond donors (Lipinski definition) is 0. The Labute approximate surface area is 113 Å². The number of ether oxygens (including phenoxy) is 1. The van der Waals surface area contributed by atoms with Crippen molar-refractivity contribution in [2.45, 2.75) is 17.9 Å². The lowest BCUT2D eigenvalue weighted by Crippen LogP contribution is -2.54. The van der Waals surface area contributed by atoms with Gasteiger partial charge in [0, 0.05) is 0 Å². The Morgan fingerprint density at radius 3 is 1.38 bits per heavy atom. The Bertz CT molecular complexity index is 562. The maximum atomic E-state index is 13.6. The van der Waals surface area contributed by atoms with Crippen LogP contribution in [0.3, 0.4) is 0 Å². The highest BCUT2D eigenvalue weighted by molar-refractivity contribution is 7.87. The second kappa shape index (κ2) is 5.68. The van der Waals surface area contributed by atoms with Crippen molar-refractivity contribution in [3.05, 3.63) is 0 Å². The molecule has 0 spiro atoms. The largest absolute Gasteiger partial charge is 0.456 e. The molecule has 1 unspecified atom stereocenters. The molecule has 0 aromatic carbocycles. The van der Waals surface area contributed by atoms with Gasteiger partial charge in [-0.05, 0) is 0 Å². The summed E-state index contributed by atoms with van der Waals surface area (Å²) >= 11 is 0. The smallest absolute Gasteiger partial charge is 0.297 e. The van der Waals surface area contributed by atoms with Gasteiger partial charge < -0.3 is 0 Å². The predicted molar refractivity (Wildman–Crippen MR) is 50.7 cm³/mol. The number of rotatable bonds is 7. The van der Waals surface area contributed by atoms with Crippen LogP contribution < -0.4 is 0 Å². The molecule has 1 atom stereocenters. The second-order valence-electron chi connectivity index (χ2n) is 3.61. The van der Waals surface area contributed by atoms with Crippen molar-refractivity contribution in [1.82, 2.24) is 0 Å². The Morgan fingerprint density at radius 2 is 1.19 bits per heavy atom. The lowest BCUT2D eigenvalue weighted by molar-refractivity contribution is -0.351. The highest BCUT2D eigenvalue weighted by atomic mass is 32.3. The number of halogens is 7. The van der Waals surface area contributed by atoms with Crippen molar-refractivity contribution >= 4 is 26.7 Å². The molecule has 126 valence electrons.